The molecule has 6 nitrogen and oxygen atoms in total. The Labute approximate surface area is 91.8 Å². The summed E-state index contributed by atoms with van der Waals surface area (Å²) in [5.74, 6) is 0.526. The summed E-state index contributed by atoms with van der Waals surface area (Å²) >= 11 is 1.43. The van der Waals surface area contributed by atoms with Crippen LogP contribution in [-0.2, 0) is 11.8 Å². The average molecular weight is 227 g/mol. The monoisotopic (exact) mass is 227 g/mol. The first-order valence-electron chi connectivity index (χ1n) is 4.66. The summed E-state index contributed by atoms with van der Waals surface area (Å²) in [6.07, 6.45) is 0.854. The molecule has 0 aromatic carbocycles. The first-order chi connectivity index (χ1) is 7.09. The highest BCUT2D eigenvalue weighted by Crippen LogP contribution is 2.29. The molecule has 7 heteroatoms. The minimum absolute atomic E-state index is 0.0442. The fraction of sp³-hybridized carbons (Fsp3) is 0.625. The number of amides is 1. The van der Waals surface area contributed by atoms with Gasteiger partial charge < -0.3 is 10.6 Å². The predicted octanol–water partition coefficient (Wildman–Crippen LogP) is -0.280. The molecule has 0 bridgehead atoms. The second kappa shape index (κ2) is 3.73. The second-order valence-corrected chi connectivity index (χ2v) is 4.72. The lowest BCUT2D eigenvalue weighted by Gasteiger charge is -2.09. The van der Waals surface area contributed by atoms with E-state index in [9.17, 15) is 4.79 Å². The van der Waals surface area contributed by atoms with Crippen molar-refractivity contribution in [3.8, 4) is 0 Å². The number of rotatable bonds is 2. The van der Waals surface area contributed by atoms with Crippen molar-refractivity contribution in [2.24, 2.45) is 7.05 Å². The van der Waals surface area contributed by atoms with E-state index in [2.05, 4.69) is 10.2 Å². The van der Waals surface area contributed by atoms with E-state index in [1.165, 1.54) is 11.8 Å². The van der Waals surface area contributed by atoms with Gasteiger partial charge in [-0.1, -0.05) is 11.8 Å². The van der Waals surface area contributed by atoms with Crippen LogP contribution in [-0.4, -0.2) is 44.4 Å². The number of anilines is 1. The Morgan fingerprint density at radius 3 is 2.67 bits per heavy atom. The van der Waals surface area contributed by atoms with Gasteiger partial charge in [-0.25, -0.2) is 0 Å². The number of hydrogen-bond acceptors (Lipinski definition) is 5. The minimum atomic E-state index is -0.0442. The third kappa shape index (κ3) is 1.79. The predicted molar refractivity (Wildman–Crippen MR) is 57.3 cm³/mol. The molecule has 1 aromatic rings. The number of aromatic nitrogens is 3. The Morgan fingerprint density at radius 1 is 1.47 bits per heavy atom. The third-order valence-electron chi connectivity index (χ3n) is 2.49. The number of carbonyl (C=O) groups excluding carboxylic acids is 1. The van der Waals surface area contributed by atoms with Crippen molar-refractivity contribution in [1.29, 1.82) is 0 Å². The second-order valence-electron chi connectivity index (χ2n) is 3.55. The normalized spacial score (nSPS) is 21.3. The molecule has 1 fully saturated rings. The van der Waals surface area contributed by atoms with Gasteiger partial charge in [-0.3, -0.25) is 9.36 Å². The highest BCUT2D eigenvalue weighted by Gasteiger charge is 2.31. The molecular formula is C8H13N5OS. The van der Waals surface area contributed by atoms with Gasteiger partial charge in [-0.15, -0.1) is 10.2 Å². The Bertz CT molecular complexity index is 390. The Kier molecular flexibility index (Phi) is 2.56. The molecule has 2 heterocycles. The van der Waals surface area contributed by atoms with Crippen LogP contribution < -0.4 is 5.73 Å². The van der Waals surface area contributed by atoms with Crippen molar-refractivity contribution < 1.29 is 4.79 Å². The summed E-state index contributed by atoms with van der Waals surface area (Å²) in [6.45, 7) is 0.809. The van der Waals surface area contributed by atoms with Crippen LogP contribution in [0, 0.1) is 0 Å². The summed E-state index contributed by atoms with van der Waals surface area (Å²) in [4.78, 5) is 13.4. The Balaban J connectivity index is 2.10. The lowest BCUT2D eigenvalue weighted by molar-refractivity contribution is -0.126. The van der Waals surface area contributed by atoms with E-state index < -0.39 is 0 Å². The van der Waals surface area contributed by atoms with Gasteiger partial charge >= 0.3 is 0 Å². The van der Waals surface area contributed by atoms with E-state index in [1.807, 2.05) is 7.05 Å². The van der Waals surface area contributed by atoms with Crippen molar-refractivity contribution in [2.45, 2.75) is 16.8 Å². The van der Waals surface area contributed by atoms with Gasteiger partial charge in [0.1, 0.15) is 0 Å². The summed E-state index contributed by atoms with van der Waals surface area (Å²) in [5.41, 5.74) is 5.56. The summed E-state index contributed by atoms with van der Waals surface area (Å²) in [6, 6.07) is 0. The smallest absolute Gasteiger partial charge is 0.235 e. The van der Waals surface area contributed by atoms with E-state index in [-0.39, 0.29) is 11.2 Å². The van der Waals surface area contributed by atoms with Gasteiger partial charge in [0.15, 0.2) is 5.16 Å². The number of hydrogen-bond donors (Lipinski definition) is 1. The highest BCUT2D eigenvalue weighted by molar-refractivity contribution is 8.00. The topological polar surface area (TPSA) is 77.0 Å². The van der Waals surface area contributed by atoms with Gasteiger partial charge in [0, 0.05) is 20.6 Å². The quantitative estimate of drug-likeness (QED) is 0.752. The van der Waals surface area contributed by atoms with Gasteiger partial charge in [0.05, 0.1) is 5.25 Å². The summed E-state index contributed by atoms with van der Waals surface area (Å²) < 4.78 is 1.69. The lowest BCUT2D eigenvalue weighted by Crippen LogP contribution is -2.23. The maximum absolute atomic E-state index is 11.6. The molecule has 15 heavy (non-hydrogen) atoms. The Hall–Kier alpha value is -1.24. The van der Waals surface area contributed by atoms with Crippen molar-refractivity contribution in [3.05, 3.63) is 0 Å². The third-order valence-corrected chi connectivity index (χ3v) is 3.78. The van der Waals surface area contributed by atoms with Gasteiger partial charge in [0.25, 0.3) is 0 Å². The summed E-state index contributed by atoms with van der Waals surface area (Å²) in [5, 5.41) is 8.32. The number of nitrogen functional groups attached to an aromatic ring is 1. The zero-order chi connectivity index (χ0) is 11.0. The maximum atomic E-state index is 11.6. The highest BCUT2D eigenvalue weighted by atomic mass is 32.2. The maximum Gasteiger partial charge on any atom is 0.235 e. The fourth-order valence-electron chi connectivity index (χ4n) is 1.46. The average Bonchev–Trinajstić information content (AvgIpc) is 2.68. The van der Waals surface area contributed by atoms with Crippen molar-refractivity contribution in [3.63, 3.8) is 0 Å². The number of likely N-dealkylation sites (tertiary alicyclic amines) is 1. The molecule has 0 radical (unpaired) electrons. The lowest BCUT2D eigenvalue weighted by atomic mass is 10.4. The van der Waals surface area contributed by atoms with Gasteiger partial charge in [-0.05, 0) is 6.42 Å². The number of thioether (sulfide) groups is 1. The largest absolute Gasteiger partial charge is 0.368 e. The van der Waals surface area contributed by atoms with E-state index in [0.717, 1.165) is 13.0 Å². The van der Waals surface area contributed by atoms with Crippen LogP contribution >= 0.6 is 11.8 Å². The molecule has 0 saturated carbocycles. The molecule has 1 amide bonds. The molecule has 1 atom stereocenters. The zero-order valence-electron chi connectivity index (χ0n) is 8.67. The minimum Gasteiger partial charge on any atom is -0.368 e. The van der Waals surface area contributed by atoms with Crippen LogP contribution in [0.2, 0.25) is 0 Å². The van der Waals surface area contributed by atoms with E-state index in [1.54, 1.807) is 16.5 Å². The molecule has 1 aromatic heterocycles. The number of nitrogens with two attached hydrogens (primary N) is 1. The SMILES string of the molecule is CN1CCC(Sc2nnc(N)n2C)C1=O. The van der Waals surface area contributed by atoms with Crippen molar-refractivity contribution >= 4 is 23.6 Å². The molecule has 1 unspecified atom stereocenters. The van der Waals surface area contributed by atoms with Crippen LogP contribution in [0.25, 0.3) is 0 Å². The molecule has 1 saturated heterocycles. The standard InChI is InChI=1S/C8H13N5OS/c1-12-4-3-5(6(12)14)15-8-11-10-7(9)13(8)2/h5H,3-4H2,1-2H3,(H2,9,10). The fourth-order valence-corrected chi connectivity index (χ4v) is 2.55. The van der Waals surface area contributed by atoms with Crippen LogP contribution in [0.5, 0.6) is 0 Å². The first-order valence-corrected chi connectivity index (χ1v) is 5.54. The van der Waals surface area contributed by atoms with Crippen LogP contribution in [0.4, 0.5) is 5.95 Å². The molecule has 1 aliphatic rings. The molecular weight excluding hydrogens is 214 g/mol. The Morgan fingerprint density at radius 2 is 2.20 bits per heavy atom. The van der Waals surface area contributed by atoms with Crippen LogP contribution in [0.3, 0.4) is 0 Å². The summed E-state index contributed by atoms with van der Waals surface area (Å²) in [7, 11) is 3.61. The van der Waals surface area contributed by atoms with E-state index >= 15 is 0 Å². The molecule has 2 rings (SSSR count). The van der Waals surface area contributed by atoms with Gasteiger partial charge in [-0.2, -0.15) is 0 Å². The molecule has 1 aliphatic heterocycles. The van der Waals surface area contributed by atoms with Crippen molar-refractivity contribution in [1.82, 2.24) is 19.7 Å². The molecule has 82 valence electrons. The number of carbonyl (C=O) groups is 1. The molecule has 2 N–H and O–H groups in total. The first kappa shape index (κ1) is 10.3. The number of nitrogens with zero attached hydrogens (tertiary/aromatic N) is 4. The van der Waals surface area contributed by atoms with Crippen LogP contribution in [0.1, 0.15) is 6.42 Å². The van der Waals surface area contributed by atoms with E-state index in [0.29, 0.717) is 11.1 Å². The zero-order valence-corrected chi connectivity index (χ0v) is 9.49. The van der Waals surface area contributed by atoms with E-state index in [4.69, 9.17) is 5.73 Å². The van der Waals surface area contributed by atoms with Crippen molar-refractivity contribution in [2.75, 3.05) is 19.3 Å². The van der Waals surface area contributed by atoms with Gasteiger partial charge in [0.2, 0.25) is 11.9 Å². The van der Waals surface area contributed by atoms with Crippen LogP contribution in [0.15, 0.2) is 5.16 Å². The molecule has 0 spiro atoms. The molecule has 0 aliphatic carbocycles.